The topological polar surface area (TPSA) is 204 Å². The zero-order valence-electron chi connectivity index (χ0n) is 23.7. The fourth-order valence-electron chi connectivity index (χ4n) is 4.71. The molecule has 3 atom stereocenters. The van der Waals surface area contributed by atoms with Crippen molar-refractivity contribution in [2.24, 2.45) is 0 Å². The Kier molecular flexibility index (Phi) is 16.7. The van der Waals surface area contributed by atoms with Gasteiger partial charge in [-0.25, -0.2) is 0 Å². The molecule has 6 N–H and O–H groups in total. The summed E-state index contributed by atoms with van der Waals surface area (Å²) in [4.78, 5) is 50.5. The summed E-state index contributed by atoms with van der Waals surface area (Å²) in [6.45, 7) is 2.16. The average molecular weight is 618 g/mol. The maximum Gasteiger partial charge on any atom is 0.318 e. The number of hydrogen-bond donors (Lipinski definition) is 6. The van der Waals surface area contributed by atoms with Crippen LogP contribution in [0.5, 0.6) is 0 Å². The van der Waals surface area contributed by atoms with Gasteiger partial charge in [0.2, 0.25) is 0 Å². The smallest absolute Gasteiger partial charge is 0.318 e. The molecule has 1 heterocycles. The molecule has 0 aliphatic carbocycles. The first-order valence-electron chi connectivity index (χ1n) is 13.9. The summed E-state index contributed by atoms with van der Waals surface area (Å²) >= 11 is 0. The SMILES string of the molecule is O=C(O)CN1CCN(CC(=O)O)CCN(CC(O)CNC(CCc2ccccc2)O[PH](=O)O)CCN(CC(=O)O)CC1. The lowest BCUT2D eigenvalue weighted by molar-refractivity contribution is -0.140. The van der Waals surface area contributed by atoms with Gasteiger partial charge in [0.15, 0.2) is 0 Å². The van der Waals surface area contributed by atoms with Crippen LogP contribution < -0.4 is 5.32 Å². The minimum absolute atomic E-state index is 0.0624. The van der Waals surface area contributed by atoms with Crippen LogP contribution in [0.2, 0.25) is 0 Å². The van der Waals surface area contributed by atoms with Crippen molar-refractivity contribution in [1.82, 2.24) is 24.9 Å². The van der Waals surface area contributed by atoms with Gasteiger partial charge in [-0.05, 0) is 18.4 Å². The normalized spacial score (nSPS) is 19.3. The molecule has 0 bridgehead atoms. The minimum atomic E-state index is -3.22. The summed E-state index contributed by atoms with van der Waals surface area (Å²) in [5.41, 5.74) is 1.04. The Bertz CT molecular complexity index is 959. The molecule has 0 radical (unpaired) electrons. The number of aliphatic hydroxyl groups excluding tert-OH is 1. The van der Waals surface area contributed by atoms with E-state index in [0.29, 0.717) is 65.2 Å². The molecule has 0 spiro atoms. The van der Waals surface area contributed by atoms with Gasteiger partial charge < -0.3 is 25.3 Å². The first-order valence-corrected chi connectivity index (χ1v) is 15.2. The lowest BCUT2D eigenvalue weighted by atomic mass is 10.1. The van der Waals surface area contributed by atoms with Crippen LogP contribution in [0.4, 0.5) is 0 Å². The Labute approximate surface area is 246 Å². The second-order valence-corrected chi connectivity index (χ2v) is 11.0. The number of nitrogens with one attached hydrogen (secondary N) is 1. The Morgan fingerprint density at radius 2 is 1.21 bits per heavy atom. The van der Waals surface area contributed by atoms with Crippen LogP contribution >= 0.6 is 8.25 Å². The molecule has 0 saturated carbocycles. The zero-order valence-corrected chi connectivity index (χ0v) is 24.7. The summed E-state index contributed by atoms with van der Waals surface area (Å²) in [6, 6.07) is 9.57. The van der Waals surface area contributed by atoms with E-state index < -0.39 is 38.5 Å². The molecule has 2 rings (SSSR count). The molecule has 238 valence electrons. The first-order chi connectivity index (χ1) is 20.0. The van der Waals surface area contributed by atoms with E-state index in [-0.39, 0.29) is 32.7 Å². The number of aryl methyl sites for hydroxylation is 1. The van der Waals surface area contributed by atoms with Crippen molar-refractivity contribution in [3.05, 3.63) is 35.9 Å². The molecule has 0 amide bonds. The van der Waals surface area contributed by atoms with Crippen LogP contribution in [0, 0.1) is 0 Å². The van der Waals surface area contributed by atoms with Crippen molar-refractivity contribution in [2.75, 3.05) is 85.1 Å². The van der Waals surface area contributed by atoms with Crippen molar-refractivity contribution >= 4 is 26.2 Å². The Morgan fingerprint density at radius 1 is 0.786 bits per heavy atom. The molecule has 0 aromatic heterocycles. The van der Waals surface area contributed by atoms with Crippen LogP contribution in [-0.4, -0.2) is 160 Å². The highest BCUT2D eigenvalue weighted by Crippen LogP contribution is 2.20. The van der Waals surface area contributed by atoms with Crippen molar-refractivity contribution in [1.29, 1.82) is 0 Å². The molecule has 42 heavy (non-hydrogen) atoms. The van der Waals surface area contributed by atoms with Crippen molar-refractivity contribution < 1.29 is 48.8 Å². The molecule has 15 nitrogen and oxygen atoms in total. The first kappa shape index (κ1) is 35.7. The van der Waals surface area contributed by atoms with E-state index in [1.807, 2.05) is 35.2 Å². The number of carbonyl (C=O) groups is 3. The zero-order chi connectivity index (χ0) is 30.9. The summed E-state index contributed by atoms with van der Waals surface area (Å²) in [7, 11) is -3.22. The van der Waals surface area contributed by atoms with E-state index >= 15 is 0 Å². The Balaban J connectivity index is 2.04. The molecule has 1 fully saturated rings. The van der Waals surface area contributed by atoms with Crippen LogP contribution in [0.3, 0.4) is 0 Å². The number of rotatable bonds is 16. The molecule has 1 aliphatic heterocycles. The van der Waals surface area contributed by atoms with Gasteiger partial charge in [-0.1, -0.05) is 30.3 Å². The third-order valence-electron chi connectivity index (χ3n) is 6.84. The highest BCUT2D eigenvalue weighted by atomic mass is 31.1. The lowest BCUT2D eigenvalue weighted by Gasteiger charge is -2.34. The van der Waals surface area contributed by atoms with Crippen LogP contribution in [-0.2, 0) is 29.9 Å². The average Bonchev–Trinajstić information content (AvgIpc) is 2.91. The van der Waals surface area contributed by atoms with E-state index in [4.69, 9.17) is 4.52 Å². The van der Waals surface area contributed by atoms with Crippen molar-refractivity contribution in [3.8, 4) is 0 Å². The molecule has 1 saturated heterocycles. The van der Waals surface area contributed by atoms with Gasteiger partial charge in [0, 0.05) is 65.4 Å². The Hall–Kier alpha value is -2.46. The molecule has 1 aliphatic rings. The molecule has 1 aromatic rings. The van der Waals surface area contributed by atoms with Crippen molar-refractivity contribution in [2.45, 2.75) is 25.2 Å². The largest absolute Gasteiger partial charge is 0.480 e. The minimum Gasteiger partial charge on any atom is -0.480 e. The van der Waals surface area contributed by atoms with Gasteiger partial charge in [0.05, 0.1) is 25.7 Å². The highest BCUT2D eigenvalue weighted by Gasteiger charge is 2.22. The van der Waals surface area contributed by atoms with Crippen LogP contribution in [0.25, 0.3) is 0 Å². The number of aliphatic carboxylic acids is 3. The third-order valence-corrected chi connectivity index (χ3v) is 7.32. The molecule has 16 heteroatoms. The number of carboxylic acid groups (broad SMARTS) is 3. The summed E-state index contributed by atoms with van der Waals surface area (Å²) in [6.07, 6.45) is -0.662. The second kappa shape index (κ2) is 19.7. The molecule has 3 unspecified atom stereocenters. The number of aliphatic hydroxyl groups is 1. The lowest BCUT2D eigenvalue weighted by Crippen LogP contribution is -2.50. The van der Waals surface area contributed by atoms with Gasteiger partial charge in [-0.2, -0.15) is 0 Å². The van der Waals surface area contributed by atoms with Crippen LogP contribution in [0.15, 0.2) is 30.3 Å². The van der Waals surface area contributed by atoms with E-state index in [1.54, 1.807) is 14.7 Å². The number of hydrogen-bond acceptors (Lipinski definition) is 11. The van der Waals surface area contributed by atoms with Gasteiger partial charge in [0.25, 0.3) is 0 Å². The number of nitrogens with zero attached hydrogens (tertiary/aromatic N) is 4. The van der Waals surface area contributed by atoms with Crippen molar-refractivity contribution in [3.63, 3.8) is 0 Å². The predicted molar refractivity (Wildman–Crippen MR) is 154 cm³/mol. The monoisotopic (exact) mass is 617 g/mol. The standard InChI is InChI=1S/C26H44N5O10P/c32-22(16-27-23(41-42(39)40)7-6-21-4-2-1-3-5-21)17-28-8-10-29(18-24(33)34)12-14-31(20-26(37)38)15-13-30(11-9-28)19-25(35)36/h1-5,22-23,27,32,42H,6-20H2,(H,33,34)(H,35,36)(H,37,38)(H,39,40). The maximum atomic E-state index is 11.5. The molecule has 1 aromatic carbocycles. The van der Waals surface area contributed by atoms with E-state index in [9.17, 15) is 44.3 Å². The summed E-state index contributed by atoms with van der Waals surface area (Å²) in [5, 5.41) is 41.9. The fraction of sp³-hybridized carbons (Fsp3) is 0.654. The molecular weight excluding hydrogens is 573 g/mol. The van der Waals surface area contributed by atoms with E-state index in [1.165, 1.54) is 0 Å². The second-order valence-electron chi connectivity index (χ2n) is 10.3. The highest BCUT2D eigenvalue weighted by molar-refractivity contribution is 7.32. The Morgan fingerprint density at radius 3 is 1.62 bits per heavy atom. The molecular formula is C26H44N5O10P. The number of β-amino-alcohol motifs (C(OH)–C–C–N with tert-alkyl or cyclic N) is 1. The predicted octanol–water partition coefficient (Wildman–Crippen LogP) is -1.23. The quantitative estimate of drug-likeness (QED) is 0.0950. The third kappa shape index (κ3) is 16.2. The number of benzene rings is 1. The number of carboxylic acids is 3. The van der Waals surface area contributed by atoms with Gasteiger partial charge in [0.1, 0.15) is 6.23 Å². The van der Waals surface area contributed by atoms with E-state index in [2.05, 4.69) is 5.32 Å². The fourth-order valence-corrected chi connectivity index (χ4v) is 5.15. The van der Waals surface area contributed by atoms with Gasteiger partial charge >= 0.3 is 26.2 Å². The summed E-state index contributed by atoms with van der Waals surface area (Å²) < 4.78 is 16.5. The van der Waals surface area contributed by atoms with Gasteiger partial charge in [-0.3, -0.25) is 48.4 Å². The van der Waals surface area contributed by atoms with Gasteiger partial charge in [-0.15, -0.1) is 0 Å². The summed E-state index contributed by atoms with van der Waals surface area (Å²) in [5.74, 6) is -3.05. The maximum absolute atomic E-state index is 11.5. The van der Waals surface area contributed by atoms with Crippen LogP contribution in [0.1, 0.15) is 12.0 Å². The van der Waals surface area contributed by atoms with E-state index in [0.717, 1.165) is 5.56 Å².